The number of ether oxygens (including phenoxy) is 1. The first-order valence-electron chi connectivity index (χ1n) is 4.84. The van der Waals surface area contributed by atoms with Gasteiger partial charge < -0.3 is 4.74 Å². The number of aryl methyl sites for hydroxylation is 1. The first-order chi connectivity index (χ1) is 7.59. The Kier molecular flexibility index (Phi) is 2.96. The maximum atomic E-state index is 11.6. The van der Waals surface area contributed by atoms with Crippen LogP contribution in [-0.2, 0) is 14.3 Å². The number of anilines is 1. The summed E-state index contributed by atoms with van der Waals surface area (Å²) in [5, 5.41) is 0. The zero-order valence-corrected chi connectivity index (χ0v) is 10.3. The highest BCUT2D eigenvalue weighted by molar-refractivity contribution is 9.10. The van der Waals surface area contributed by atoms with E-state index in [0.717, 1.165) is 10.0 Å². The van der Waals surface area contributed by atoms with Crippen molar-refractivity contribution in [1.82, 2.24) is 0 Å². The minimum Gasteiger partial charge on any atom is -0.457 e. The lowest BCUT2D eigenvalue weighted by atomic mass is 10.2. The number of hydrogen-bond donors (Lipinski definition) is 0. The fourth-order valence-electron chi connectivity index (χ4n) is 1.50. The molecule has 16 heavy (non-hydrogen) atoms. The molecule has 0 aliphatic carbocycles. The third-order valence-corrected chi connectivity index (χ3v) is 3.29. The Balaban J connectivity index is 2.32. The molecule has 0 N–H and O–H groups in total. The zero-order chi connectivity index (χ0) is 11.7. The van der Waals surface area contributed by atoms with Gasteiger partial charge in [-0.1, -0.05) is 22.0 Å². The molecule has 1 aliphatic heterocycles. The van der Waals surface area contributed by atoms with E-state index in [1.807, 2.05) is 25.1 Å². The van der Waals surface area contributed by atoms with Crippen molar-refractivity contribution in [2.75, 3.05) is 18.1 Å². The van der Waals surface area contributed by atoms with Gasteiger partial charge in [0.15, 0.2) is 0 Å². The lowest BCUT2D eigenvalue weighted by molar-refractivity contribution is -0.156. The molecule has 4 nitrogen and oxygen atoms in total. The van der Waals surface area contributed by atoms with E-state index < -0.39 is 11.9 Å². The monoisotopic (exact) mass is 283 g/mol. The minimum absolute atomic E-state index is 0.246. The van der Waals surface area contributed by atoms with E-state index in [9.17, 15) is 9.59 Å². The maximum absolute atomic E-state index is 11.6. The number of esters is 1. The van der Waals surface area contributed by atoms with Crippen molar-refractivity contribution in [3.05, 3.63) is 28.2 Å². The Morgan fingerprint density at radius 1 is 1.38 bits per heavy atom. The number of nitrogens with zero attached hydrogens (tertiary/aromatic N) is 1. The molecule has 0 saturated carbocycles. The third kappa shape index (κ3) is 1.95. The number of cyclic esters (lactones) is 1. The molecule has 84 valence electrons. The molecule has 1 amide bonds. The quantitative estimate of drug-likeness (QED) is 0.582. The molecule has 2 rings (SSSR count). The Labute approximate surface area is 101 Å². The molecule has 5 heteroatoms. The summed E-state index contributed by atoms with van der Waals surface area (Å²) in [4.78, 5) is 24.1. The summed E-state index contributed by atoms with van der Waals surface area (Å²) in [6, 6.07) is 5.54. The van der Waals surface area contributed by atoms with E-state index in [4.69, 9.17) is 0 Å². The lowest BCUT2D eigenvalue weighted by Crippen LogP contribution is -2.45. The summed E-state index contributed by atoms with van der Waals surface area (Å²) in [7, 11) is 0. The van der Waals surface area contributed by atoms with Crippen LogP contribution in [-0.4, -0.2) is 25.0 Å². The van der Waals surface area contributed by atoms with Crippen molar-refractivity contribution >= 4 is 33.5 Å². The molecule has 0 bridgehead atoms. The second-order valence-electron chi connectivity index (χ2n) is 3.53. The molecule has 0 spiro atoms. The number of morpholine rings is 1. The van der Waals surface area contributed by atoms with Crippen molar-refractivity contribution in [2.24, 2.45) is 0 Å². The Morgan fingerprint density at radius 3 is 2.81 bits per heavy atom. The van der Waals surface area contributed by atoms with Gasteiger partial charge in [0.1, 0.15) is 6.61 Å². The number of halogens is 1. The van der Waals surface area contributed by atoms with E-state index in [0.29, 0.717) is 12.2 Å². The van der Waals surface area contributed by atoms with Gasteiger partial charge in [-0.25, -0.2) is 4.79 Å². The first kappa shape index (κ1) is 11.1. The van der Waals surface area contributed by atoms with Gasteiger partial charge in [-0.2, -0.15) is 0 Å². The normalized spacial score (nSPS) is 16.2. The molecule has 1 aromatic carbocycles. The third-order valence-electron chi connectivity index (χ3n) is 2.43. The summed E-state index contributed by atoms with van der Waals surface area (Å²) in [6.07, 6.45) is 0. The highest BCUT2D eigenvalue weighted by atomic mass is 79.9. The van der Waals surface area contributed by atoms with Crippen LogP contribution >= 0.6 is 15.9 Å². The van der Waals surface area contributed by atoms with E-state index in [2.05, 4.69) is 20.7 Å². The van der Waals surface area contributed by atoms with Gasteiger partial charge in [0.05, 0.1) is 6.54 Å². The maximum Gasteiger partial charge on any atom is 0.397 e. The molecule has 0 aromatic heterocycles. The van der Waals surface area contributed by atoms with E-state index in [1.165, 1.54) is 4.90 Å². The minimum atomic E-state index is -0.789. The Morgan fingerprint density at radius 2 is 2.12 bits per heavy atom. The molecule has 1 fully saturated rings. The van der Waals surface area contributed by atoms with Crippen molar-refractivity contribution < 1.29 is 14.3 Å². The van der Waals surface area contributed by atoms with Crippen LogP contribution in [0, 0.1) is 6.92 Å². The molecule has 0 unspecified atom stereocenters. The first-order valence-corrected chi connectivity index (χ1v) is 5.63. The highest BCUT2D eigenvalue weighted by Gasteiger charge is 2.29. The van der Waals surface area contributed by atoms with E-state index in [1.54, 1.807) is 0 Å². The summed E-state index contributed by atoms with van der Waals surface area (Å²) in [5.41, 5.74) is 1.79. The second kappa shape index (κ2) is 4.25. The molecule has 1 aromatic rings. The fourth-order valence-corrected chi connectivity index (χ4v) is 1.87. The number of hydrogen-bond acceptors (Lipinski definition) is 3. The van der Waals surface area contributed by atoms with Crippen LogP contribution in [0.4, 0.5) is 5.69 Å². The van der Waals surface area contributed by atoms with Gasteiger partial charge in [0.2, 0.25) is 0 Å². The summed E-state index contributed by atoms with van der Waals surface area (Å²) >= 11 is 3.39. The largest absolute Gasteiger partial charge is 0.457 e. The predicted octanol–water partition coefficient (Wildman–Crippen LogP) is 1.65. The Bertz CT molecular complexity index is 459. The lowest BCUT2D eigenvalue weighted by Gasteiger charge is -2.25. The van der Waals surface area contributed by atoms with Crippen LogP contribution < -0.4 is 4.90 Å². The summed E-state index contributed by atoms with van der Waals surface area (Å²) < 4.78 is 5.57. The fraction of sp³-hybridized carbons (Fsp3) is 0.273. The van der Waals surface area contributed by atoms with E-state index in [-0.39, 0.29) is 6.61 Å². The van der Waals surface area contributed by atoms with Gasteiger partial charge in [-0.05, 0) is 24.6 Å². The van der Waals surface area contributed by atoms with Crippen LogP contribution in [0.15, 0.2) is 22.7 Å². The highest BCUT2D eigenvalue weighted by Crippen LogP contribution is 2.24. The number of benzene rings is 1. The van der Waals surface area contributed by atoms with Crippen molar-refractivity contribution in [3.8, 4) is 0 Å². The van der Waals surface area contributed by atoms with Crippen molar-refractivity contribution in [3.63, 3.8) is 0 Å². The smallest absolute Gasteiger partial charge is 0.397 e. The standard InChI is InChI=1S/C11H10BrNO3/c1-7-2-3-8(6-9(7)12)13-4-5-16-11(15)10(13)14/h2-3,6H,4-5H2,1H3. The van der Waals surface area contributed by atoms with E-state index >= 15 is 0 Å². The topological polar surface area (TPSA) is 46.6 Å². The number of carbonyl (C=O) groups is 2. The molecular weight excluding hydrogens is 274 g/mol. The average molecular weight is 284 g/mol. The van der Waals surface area contributed by atoms with Crippen LogP contribution in [0.25, 0.3) is 0 Å². The molecule has 1 heterocycles. The number of carbonyl (C=O) groups excluding carboxylic acids is 2. The Hall–Kier alpha value is -1.36. The van der Waals surface area contributed by atoms with Gasteiger partial charge >= 0.3 is 11.9 Å². The summed E-state index contributed by atoms with van der Waals surface area (Å²) in [5.74, 6) is -1.40. The molecule has 0 atom stereocenters. The predicted molar refractivity (Wildman–Crippen MR) is 62.2 cm³/mol. The second-order valence-corrected chi connectivity index (χ2v) is 4.38. The van der Waals surface area contributed by atoms with Crippen LogP contribution in [0.3, 0.4) is 0 Å². The van der Waals surface area contributed by atoms with Gasteiger partial charge in [0.25, 0.3) is 0 Å². The van der Waals surface area contributed by atoms with Crippen molar-refractivity contribution in [1.29, 1.82) is 0 Å². The molecule has 1 saturated heterocycles. The molecular formula is C11H10BrNO3. The van der Waals surface area contributed by atoms with Crippen LogP contribution in [0.1, 0.15) is 5.56 Å². The van der Waals surface area contributed by atoms with Gasteiger partial charge in [-0.3, -0.25) is 9.69 Å². The van der Waals surface area contributed by atoms with Gasteiger partial charge in [-0.15, -0.1) is 0 Å². The van der Waals surface area contributed by atoms with Gasteiger partial charge in [0, 0.05) is 10.2 Å². The number of rotatable bonds is 1. The molecule has 0 radical (unpaired) electrons. The SMILES string of the molecule is Cc1ccc(N2CCOC(=O)C2=O)cc1Br. The van der Waals surface area contributed by atoms with Crippen LogP contribution in [0.5, 0.6) is 0 Å². The van der Waals surface area contributed by atoms with Crippen LogP contribution in [0.2, 0.25) is 0 Å². The average Bonchev–Trinajstić information content (AvgIpc) is 2.26. The zero-order valence-electron chi connectivity index (χ0n) is 8.70. The molecule has 1 aliphatic rings. The summed E-state index contributed by atoms with van der Waals surface area (Å²) in [6.45, 7) is 2.61. The number of amides is 1. The van der Waals surface area contributed by atoms with Crippen molar-refractivity contribution in [2.45, 2.75) is 6.92 Å².